The molecule has 1 atom stereocenters. The minimum atomic E-state index is -0.109. The summed E-state index contributed by atoms with van der Waals surface area (Å²) in [6.45, 7) is 2.77. The van der Waals surface area contributed by atoms with Crippen molar-refractivity contribution in [3.8, 4) is 0 Å². The van der Waals surface area contributed by atoms with Gasteiger partial charge in [-0.1, -0.05) is 54.1 Å². The number of carbonyl (C=O) groups excluding carboxylic acids is 1. The number of halogens is 1. The van der Waals surface area contributed by atoms with Crippen LogP contribution in [0.5, 0.6) is 0 Å². The molecule has 24 heavy (non-hydrogen) atoms. The van der Waals surface area contributed by atoms with Crippen molar-refractivity contribution in [1.82, 2.24) is 5.32 Å². The van der Waals surface area contributed by atoms with Gasteiger partial charge in [-0.15, -0.1) is 0 Å². The summed E-state index contributed by atoms with van der Waals surface area (Å²) in [5, 5.41) is 3.79. The predicted octanol–water partition coefficient (Wildman–Crippen LogP) is 2.66. The van der Waals surface area contributed by atoms with Gasteiger partial charge < -0.3 is 10.2 Å². The summed E-state index contributed by atoms with van der Waals surface area (Å²) in [6, 6.07) is 15.8. The van der Waals surface area contributed by atoms with E-state index in [1.54, 1.807) is 12.2 Å². The number of rotatable bonds is 6. The van der Waals surface area contributed by atoms with Gasteiger partial charge in [-0.25, -0.2) is 0 Å². The van der Waals surface area contributed by atoms with Gasteiger partial charge in [-0.3, -0.25) is 4.79 Å². The van der Waals surface area contributed by atoms with E-state index in [4.69, 9.17) is 11.6 Å². The summed E-state index contributed by atoms with van der Waals surface area (Å²) in [4.78, 5) is 13.6. The Labute approximate surface area is 148 Å². The van der Waals surface area contributed by atoms with Gasteiger partial charge in [0, 0.05) is 11.1 Å². The lowest BCUT2D eigenvalue weighted by molar-refractivity contribution is -0.860. The Kier molecular flexibility index (Phi) is 6.59. The van der Waals surface area contributed by atoms with Crippen molar-refractivity contribution < 1.29 is 9.69 Å². The molecule has 0 bridgehead atoms. The molecule has 2 aromatic carbocycles. The Balaban J connectivity index is 2.07. The third kappa shape index (κ3) is 5.52. The Hall–Kier alpha value is -2.10. The minimum Gasteiger partial charge on any atom is -0.340 e. The van der Waals surface area contributed by atoms with Crippen LogP contribution in [0.3, 0.4) is 0 Å². The molecule has 2 aromatic rings. The first-order valence-electron chi connectivity index (χ1n) is 8.04. The molecule has 2 N–H and O–H groups in total. The highest BCUT2D eigenvalue weighted by Crippen LogP contribution is 2.17. The van der Waals surface area contributed by atoms with Crippen molar-refractivity contribution in [2.24, 2.45) is 0 Å². The summed E-state index contributed by atoms with van der Waals surface area (Å²) < 4.78 is 0. The van der Waals surface area contributed by atoms with Crippen LogP contribution in [0.2, 0.25) is 5.02 Å². The van der Waals surface area contributed by atoms with Crippen molar-refractivity contribution in [1.29, 1.82) is 0 Å². The molecule has 0 heterocycles. The van der Waals surface area contributed by atoms with Crippen molar-refractivity contribution in [2.75, 3.05) is 20.6 Å². The van der Waals surface area contributed by atoms with Crippen LogP contribution in [0.1, 0.15) is 22.7 Å². The number of nitrogens with one attached hydrogen (secondary N) is 2. The lowest BCUT2D eigenvalue weighted by Crippen LogP contribution is -3.06. The molecular formula is C20H24ClN2O+. The van der Waals surface area contributed by atoms with Gasteiger partial charge >= 0.3 is 0 Å². The van der Waals surface area contributed by atoms with Gasteiger partial charge in [0.2, 0.25) is 5.91 Å². The second-order valence-electron chi connectivity index (χ2n) is 6.23. The number of carbonyl (C=O) groups is 1. The van der Waals surface area contributed by atoms with Crippen LogP contribution in [0.15, 0.2) is 54.6 Å². The molecule has 126 valence electrons. The average Bonchev–Trinajstić information content (AvgIpc) is 2.56. The highest BCUT2D eigenvalue weighted by molar-refractivity contribution is 6.31. The minimum absolute atomic E-state index is 0.0186. The van der Waals surface area contributed by atoms with E-state index in [1.165, 1.54) is 4.90 Å². The number of amides is 1. The number of quaternary nitrogens is 1. The SMILES string of the molecule is Cc1ccc(/C=C/C(=O)N[C@@H](C[NH+](C)C)c2ccccc2)cc1Cl. The van der Waals surface area contributed by atoms with E-state index >= 15 is 0 Å². The quantitative estimate of drug-likeness (QED) is 0.777. The van der Waals surface area contributed by atoms with Crippen molar-refractivity contribution in [3.63, 3.8) is 0 Å². The zero-order valence-corrected chi connectivity index (χ0v) is 15.1. The molecule has 2 rings (SSSR count). The Morgan fingerprint density at radius 3 is 2.54 bits per heavy atom. The van der Waals surface area contributed by atoms with Crippen LogP contribution >= 0.6 is 11.6 Å². The largest absolute Gasteiger partial charge is 0.340 e. The van der Waals surface area contributed by atoms with Gasteiger partial charge in [0.1, 0.15) is 12.6 Å². The van der Waals surface area contributed by atoms with Crippen molar-refractivity contribution >= 4 is 23.6 Å². The van der Waals surface area contributed by atoms with Crippen LogP contribution in [0.25, 0.3) is 6.08 Å². The molecule has 4 heteroatoms. The lowest BCUT2D eigenvalue weighted by atomic mass is 10.1. The van der Waals surface area contributed by atoms with E-state index in [9.17, 15) is 4.79 Å². The molecular weight excluding hydrogens is 320 g/mol. The Bertz CT molecular complexity index is 711. The van der Waals surface area contributed by atoms with E-state index in [2.05, 4.69) is 19.4 Å². The first-order valence-corrected chi connectivity index (χ1v) is 8.42. The molecule has 0 aliphatic heterocycles. The average molecular weight is 344 g/mol. The molecule has 0 aromatic heterocycles. The predicted molar refractivity (Wildman–Crippen MR) is 100 cm³/mol. The molecule has 0 aliphatic carbocycles. The first-order chi connectivity index (χ1) is 11.5. The molecule has 0 saturated heterocycles. The van der Waals surface area contributed by atoms with Crippen LogP contribution < -0.4 is 10.2 Å². The van der Waals surface area contributed by atoms with Gasteiger partial charge in [0.25, 0.3) is 0 Å². The number of likely N-dealkylation sites (N-methyl/N-ethyl adjacent to an activating group) is 1. The van der Waals surface area contributed by atoms with E-state index in [0.29, 0.717) is 5.02 Å². The lowest BCUT2D eigenvalue weighted by Gasteiger charge is -2.20. The van der Waals surface area contributed by atoms with Crippen LogP contribution in [-0.4, -0.2) is 26.5 Å². The maximum Gasteiger partial charge on any atom is 0.244 e. The summed E-state index contributed by atoms with van der Waals surface area (Å²) in [5.41, 5.74) is 3.05. The Morgan fingerprint density at radius 2 is 1.92 bits per heavy atom. The molecule has 0 aliphatic rings. The van der Waals surface area contributed by atoms with Crippen molar-refractivity contribution in [2.45, 2.75) is 13.0 Å². The number of benzene rings is 2. The highest BCUT2D eigenvalue weighted by Gasteiger charge is 2.16. The highest BCUT2D eigenvalue weighted by atomic mass is 35.5. The van der Waals surface area contributed by atoms with Gasteiger partial charge in [0.15, 0.2) is 0 Å². The zero-order chi connectivity index (χ0) is 17.5. The summed E-state index contributed by atoms with van der Waals surface area (Å²) >= 11 is 6.11. The smallest absolute Gasteiger partial charge is 0.244 e. The number of hydrogen-bond acceptors (Lipinski definition) is 1. The maximum absolute atomic E-state index is 12.3. The van der Waals surface area contributed by atoms with Crippen LogP contribution in [0, 0.1) is 6.92 Å². The fourth-order valence-electron chi connectivity index (χ4n) is 2.45. The molecule has 3 nitrogen and oxygen atoms in total. The van der Waals surface area contributed by atoms with Crippen LogP contribution in [-0.2, 0) is 4.79 Å². The third-order valence-corrected chi connectivity index (χ3v) is 4.16. The zero-order valence-electron chi connectivity index (χ0n) is 14.3. The molecule has 0 radical (unpaired) electrons. The van der Waals surface area contributed by atoms with E-state index in [-0.39, 0.29) is 11.9 Å². The van der Waals surface area contributed by atoms with Gasteiger partial charge in [0.05, 0.1) is 14.1 Å². The van der Waals surface area contributed by atoms with Crippen molar-refractivity contribution in [3.05, 3.63) is 76.3 Å². The summed E-state index contributed by atoms with van der Waals surface area (Å²) in [6.07, 6.45) is 3.34. The topological polar surface area (TPSA) is 33.5 Å². The monoisotopic (exact) mass is 343 g/mol. The molecule has 0 fully saturated rings. The summed E-state index contributed by atoms with van der Waals surface area (Å²) in [7, 11) is 4.15. The molecule has 0 saturated carbocycles. The van der Waals surface area contributed by atoms with Gasteiger partial charge in [-0.2, -0.15) is 0 Å². The van der Waals surface area contributed by atoms with Crippen LogP contribution in [0.4, 0.5) is 0 Å². The van der Waals surface area contributed by atoms with E-state index < -0.39 is 0 Å². The second kappa shape index (κ2) is 8.67. The van der Waals surface area contributed by atoms with Gasteiger partial charge in [-0.05, 0) is 35.8 Å². The Morgan fingerprint density at radius 1 is 1.21 bits per heavy atom. The molecule has 0 spiro atoms. The second-order valence-corrected chi connectivity index (χ2v) is 6.63. The molecule has 0 unspecified atom stereocenters. The number of aryl methyl sites for hydroxylation is 1. The van der Waals surface area contributed by atoms with E-state index in [0.717, 1.165) is 23.2 Å². The fraction of sp³-hybridized carbons (Fsp3) is 0.250. The standard InChI is InChI=1S/C20H23ClN2O/c1-15-9-10-16(13-18(15)21)11-12-20(24)22-19(14-23(2)3)17-7-5-4-6-8-17/h4-13,19H,14H2,1-3H3,(H,22,24)/p+1/b12-11+/t19-/m0/s1. The third-order valence-electron chi connectivity index (χ3n) is 3.75. The first kappa shape index (κ1) is 18.2. The summed E-state index contributed by atoms with van der Waals surface area (Å²) in [5.74, 6) is -0.109. The molecule has 1 amide bonds. The number of hydrogen-bond donors (Lipinski definition) is 2. The fourth-order valence-corrected chi connectivity index (χ4v) is 2.64. The van der Waals surface area contributed by atoms with E-state index in [1.807, 2.05) is 55.5 Å². The normalized spacial score (nSPS) is 12.5. The maximum atomic E-state index is 12.3.